The van der Waals surface area contributed by atoms with Crippen LogP contribution in [0.5, 0.6) is 0 Å². The molecule has 0 bridgehead atoms. The number of halogens is 4. The first kappa shape index (κ1) is 12.9. The predicted octanol–water partition coefficient (Wildman–Crippen LogP) is 4.77. The summed E-state index contributed by atoms with van der Waals surface area (Å²) in [6, 6.07) is 8.53. The molecule has 0 saturated heterocycles. The highest BCUT2D eigenvalue weighted by Gasteiger charge is 2.54. The first-order valence-electron chi connectivity index (χ1n) is 5.35. The normalized spacial score (nSPS) is 13.0. The van der Waals surface area contributed by atoms with E-state index in [1.807, 2.05) is 0 Å². The Bertz CT molecular complexity index is 582. The van der Waals surface area contributed by atoms with Crippen LogP contribution in [0.2, 0.25) is 0 Å². The van der Waals surface area contributed by atoms with Crippen molar-refractivity contribution >= 4 is 10.8 Å². The maximum absolute atomic E-state index is 13.8. The molecule has 0 aliphatic heterocycles. The van der Waals surface area contributed by atoms with Crippen LogP contribution >= 0.6 is 0 Å². The molecule has 18 heavy (non-hydrogen) atoms. The third-order valence-electron chi connectivity index (χ3n) is 2.90. The van der Waals surface area contributed by atoms with Crippen molar-refractivity contribution in [2.75, 3.05) is 0 Å². The van der Waals surface area contributed by atoms with Gasteiger partial charge in [0.2, 0.25) is 0 Å². The summed E-state index contributed by atoms with van der Waals surface area (Å²) in [4.78, 5) is 0. The van der Waals surface area contributed by atoms with Gasteiger partial charge in [-0.2, -0.15) is 17.6 Å². The fourth-order valence-electron chi connectivity index (χ4n) is 1.87. The van der Waals surface area contributed by atoms with Gasteiger partial charge >= 0.3 is 11.8 Å². The third-order valence-corrected chi connectivity index (χ3v) is 2.90. The molecule has 0 aliphatic carbocycles. The Morgan fingerprint density at radius 1 is 0.889 bits per heavy atom. The molecule has 2 aromatic rings. The molecule has 0 fully saturated rings. The van der Waals surface area contributed by atoms with Crippen molar-refractivity contribution in [3.8, 4) is 0 Å². The van der Waals surface area contributed by atoms with E-state index in [2.05, 4.69) is 6.92 Å². The number of alkyl halides is 4. The molecule has 0 atom stereocenters. The Hall–Kier alpha value is -1.58. The summed E-state index contributed by atoms with van der Waals surface area (Å²) in [5.74, 6) is -8.32. The lowest BCUT2D eigenvalue weighted by Gasteiger charge is -2.25. The molecule has 0 saturated carbocycles. The van der Waals surface area contributed by atoms with Gasteiger partial charge in [0.15, 0.2) is 0 Å². The van der Waals surface area contributed by atoms with Crippen molar-refractivity contribution in [2.45, 2.75) is 18.8 Å². The fraction of sp³-hybridized carbons (Fsp3) is 0.214. The number of hydrogen-bond acceptors (Lipinski definition) is 0. The van der Waals surface area contributed by atoms with Crippen molar-refractivity contribution in [3.63, 3.8) is 0 Å². The lowest BCUT2D eigenvalue weighted by molar-refractivity contribution is -0.204. The summed E-state index contributed by atoms with van der Waals surface area (Å²) >= 11 is 0. The van der Waals surface area contributed by atoms with Gasteiger partial charge in [-0.1, -0.05) is 36.4 Å². The molecule has 0 spiro atoms. The van der Waals surface area contributed by atoms with Crippen LogP contribution < -0.4 is 0 Å². The molecule has 0 amide bonds. The molecule has 0 N–H and O–H groups in total. The molecule has 4 heteroatoms. The van der Waals surface area contributed by atoms with Crippen LogP contribution in [0, 0.1) is 6.92 Å². The van der Waals surface area contributed by atoms with Gasteiger partial charge in [0.05, 0.1) is 0 Å². The maximum Gasteiger partial charge on any atom is 0.335 e. The van der Waals surface area contributed by atoms with Gasteiger partial charge in [0.1, 0.15) is 0 Å². The molecule has 0 aliphatic rings. The Kier molecular flexibility index (Phi) is 2.84. The summed E-state index contributed by atoms with van der Waals surface area (Å²) < 4.78 is 53.6. The predicted molar refractivity (Wildman–Crippen MR) is 62.9 cm³/mol. The van der Waals surface area contributed by atoms with Crippen LogP contribution in [-0.4, -0.2) is 5.92 Å². The van der Waals surface area contributed by atoms with E-state index >= 15 is 0 Å². The standard InChI is InChI=1S/C14H11F4/c1-9-7-8-12(14(17,18)13(2,15)16)11-6-4-3-5-10(9)11/h3-8H,1H2,2H3. The average molecular weight is 255 g/mol. The van der Waals surface area contributed by atoms with E-state index in [1.54, 1.807) is 12.1 Å². The molecular weight excluding hydrogens is 244 g/mol. The molecule has 0 heterocycles. The molecule has 1 radical (unpaired) electrons. The van der Waals surface area contributed by atoms with Crippen LogP contribution in [-0.2, 0) is 5.92 Å². The second kappa shape index (κ2) is 3.97. The summed E-state index contributed by atoms with van der Waals surface area (Å²) in [5, 5.41) is 0.565. The van der Waals surface area contributed by atoms with E-state index in [0.29, 0.717) is 10.9 Å². The van der Waals surface area contributed by atoms with Crippen LogP contribution in [0.1, 0.15) is 18.1 Å². The second-order valence-corrected chi connectivity index (χ2v) is 4.28. The number of benzene rings is 2. The van der Waals surface area contributed by atoms with Crippen LogP contribution in [0.4, 0.5) is 17.6 Å². The molecule has 0 unspecified atom stereocenters. The van der Waals surface area contributed by atoms with Gasteiger partial charge in [0.25, 0.3) is 0 Å². The molecule has 0 nitrogen and oxygen atoms in total. The minimum Gasteiger partial charge on any atom is -0.200 e. The van der Waals surface area contributed by atoms with Gasteiger partial charge < -0.3 is 0 Å². The van der Waals surface area contributed by atoms with Crippen LogP contribution in [0.3, 0.4) is 0 Å². The Balaban J connectivity index is 2.78. The monoisotopic (exact) mass is 255 g/mol. The van der Waals surface area contributed by atoms with Crippen LogP contribution in [0.15, 0.2) is 36.4 Å². The number of fused-ring (bicyclic) bond motifs is 1. The topological polar surface area (TPSA) is 0 Å². The van der Waals surface area contributed by atoms with E-state index in [1.165, 1.54) is 18.2 Å². The van der Waals surface area contributed by atoms with Crippen molar-refractivity contribution in [2.24, 2.45) is 0 Å². The van der Waals surface area contributed by atoms with Crippen molar-refractivity contribution in [3.05, 3.63) is 54.4 Å². The van der Waals surface area contributed by atoms with Crippen LogP contribution in [0.25, 0.3) is 10.8 Å². The lowest BCUT2D eigenvalue weighted by Crippen LogP contribution is -2.35. The first-order chi connectivity index (χ1) is 8.25. The second-order valence-electron chi connectivity index (χ2n) is 4.28. The summed E-state index contributed by atoms with van der Waals surface area (Å²) in [6.45, 7) is 3.92. The fourth-order valence-corrected chi connectivity index (χ4v) is 1.87. The zero-order chi connectivity index (χ0) is 13.6. The van der Waals surface area contributed by atoms with E-state index in [0.717, 1.165) is 6.07 Å². The third kappa shape index (κ3) is 1.85. The highest BCUT2D eigenvalue weighted by atomic mass is 19.3. The number of hydrogen-bond donors (Lipinski definition) is 0. The maximum atomic E-state index is 13.8. The molecular formula is C14H11F4. The minimum atomic E-state index is -4.21. The lowest BCUT2D eigenvalue weighted by atomic mass is 9.94. The molecule has 0 aromatic heterocycles. The summed E-state index contributed by atoms with van der Waals surface area (Å²) in [5.41, 5.74) is -0.137. The van der Waals surface area contributed by atoms with E-state index < -0.39 is 17.4 Å². The van der Waals surface area contributed by atoms with Gasteiger partial charge in [-0.15, -0.1) is 0 Å². The highest BCUT2D eigenvalue weighted by Crippen LogP contribution is 2.45. The van der Waals surface area contributed by atoms with E-state index in [-0.39, 0.29) is 12.3 Å². The van der Waals surface area contributed by atoms with E-state index in [4.69, 9.17) is 0 Å². The zero-order valence-corrected chi connectivity index (χ0v) is 9.68. The van der Waals surface area contributed by atoms with E-state index in [9.17, 15) is 17.6 Å². The van der Waals surface area contributed by atoms with Gasteiger partial charge in [0, 0.05) is 12.5 Å². The largest absolute Gasteiger partial charge is 0.335 e. The summed E-state index contributed by atoms with van der Waals surface area (Å²) in [6.07, 6.45) is 0. The number of rotatable bonds is 2. The van der Waals surface area contributed by atoms with Crippen molar-refractivity contribution in [1.29, 1.82) is 0 Å². The average Bonchev–Trinajstić information content (AvgIpc) is 2.28. The van der Waals surface area contributed by atoms with Crippen molar-refractivity contribution in [1.82, 2.24) is 0 Å². The Morgan fingerprint density at radius 3 is 2.00 bits per heavy atom. The van der Waals surface area contributed by atoms with Gasteiger partial charge in [-0.25, -0.2) is 0 Å². The van der Waals surface area contributed by atoms with Crippen molar-refractivity contribution < 1.29 is 17.6 Å². The van der Waals surface area contributed by atoms with Gasteiger partial charge in [-0.3, -0.25) is 0 Å². The minimum absolute atomic E-state index is 0.108. The Morgan fingerprint density at radius 2 is 1.44 bits per heavy atom. The molecule has 95 valence electrons. The smallest absolute Gasteiger partial charge is 0.200 e. The zero-order valence-electron chi connectivity index (χ0n) is 9.68. The van der Waals surface area contributed by atoms with Gasteiger partial charge in [-0.05, 0) is 23.3 Å². The SMILES string of the molecule is [CH2]c1ccc(C(F)(F)C(C)(F)F)c2ccccc12. The molecule has 2 rings (SSSR count). The molecule has 2 aromatic carbocycles. The Labute approximate surface area is 102 Å². The highest BCUT2D eigenvalue weighted by molar-refractivity contribution is 5.89. The first-order valence-corrected chi connectivity index (χ1v) is 5.35. The quantitative estimate of drug-likeness (QED) is 0.678. The summed E-state index contributed by atoms with van der Waals surface area (Å²) in [7, 11) is 0.